The maximum atomic E-state index is 4.24. The smallest absolute Gasteiger partial charge is 0.182 e. The lowest BCUT2D eigenvalue weighted by Crippen LogP contribution is -2.45. The number of imidazole rings is 1. The average Bonchev–Trinajstić information content (AvgIpc) is 2.89. The summed E-state index contributed by atoms with van der Waals surface area (Å²) in [5.74, 6) is 0.827. The lowest BCUT2D eigenvalue weighted by atomic mass is 10.3. The molecule has 3 heterocycles. The van der Waals surface area contributed by atoms with Gasteiger partial charge in [-0.2, -0.15) is 0 Å². The predicted octanol–water partition coefficient (Wildman–Crippen LogP) is -0.330. The van der Waals surface area contributed by atoms with Crippen LogP contribution in [0.4, 0.5) is 5.82 Å². The molecule has 18 heavy (non-hydrogen) atoms. The first-order chi connectivity index (χ1) is 8.93. The fraction of sp³-hybridized carbons (Fsp3) is 0.545. The quantitative estimate of drug-likeness (QED) is 0.686. The Morgan fingerprint density at radius 2 is 2.11 bits per heavy atom. The van der Waals surface area contributed by atoms with Crippen molar-refractivity contribution in [2.24, 2.45) is 0 Å². The monoisotopic (exact) mass is 247 g/mol. The number of aromatic amines is 1. The molecule has 0 amide bonds. The molecule has 1 saturated heterocycles. The highest BCUT2D eigenvalue weighted by Gasteiger charge is 2.09. The van der Waals surface area contributed by atoms with Gasteiger partial charge in [0.1, 0.15) is 11.8 Å². The van der Waals surface area contributed by atoms with Crippen LogP contribution in [0.1, 0.15) is 0 Å². The third-order valence-corrected chi connectivity index (χ3v) is 3.15. The minimum atomic E-state index is 0.703. The molecule has 0 aromatic carbocycles. The average molecular weight is 247 g/mol. The van der Waals surface area contributed by atoms with Crippen LogP contribution in [-0.4, -0.2) is 64.1 Å². The second kappa shape index (κ2) is 5.28. The van der Waals surface area contributed by atoms with Gasteiger partial charge in [-0.15, -0.1) is 0 Å². The maximum absolute atomic E-state index is 4.24. The van der Waals surface area contributed by atoms with E-state index in [4.69, 9.17) is 0 Å². The van der Waals surface area contributed by atoms with Crippen molar-refractivity contribution in [1.29, 1.82) is 0 Å². The van der Waals surface area contributed by atoms with Gasteiger partial charge in [0.25, 0.3) is 0 Å². The van der Waals surface area contributed by atoms with Crippen LogP contribution in [0.5, 0.6) is 0 Å². The summed E-state index contributed by atoms with van der Waals surface area (Å²) in [4.78, 5) is 17.9. The number of rotatable bonds is 4. The Morgan fingerprint density at radius 1 is 1.22 bits per heavy atom. The van der Waals surface area contributed by atoms with E-state index in [9.17, 15) is 0 Å². The number of anilines is 1. The Bertz CT molecular complexity index is 503. The molecule has 1 aliphatic heterocycles. The molecule has 3 N–H and O–H groups in total. The lowest BCUT2D eigenvalue weighted by molar-refractivity contribution is 0.249. The van der Waals surface area contributed by atoms with Crippen molar-refractivity contribution in [2.75, 3.05) is 44.6 Å². The number of piperazine rings is 1. The summed E-state index contributed by atoms with van der Waals surface area (Å²) < 4.78 is 0. The highest BCUT2D eigenvalue weighted by atomic mass is 15.2. The topological polar surface area (TPSA) is 81.8 Å². The standard InChI is InChI=1S/C11H17N7/c1-4-18(5-2-12-1)6-3-13-10-9-11(15-7-14-9)17-8-16-10/h7-8,12H,1-6H2,(H2,13,14,15,16,17). The number of nitrogens with zero attached hydrogens (tertiary/aromatic N) is 4. The maximum Gasteiger partial charge on any atom is 0.182 e. The first-order valence-electron chi connectivity index (χ1n) is 6.24. The Balaban J connectivity index is 1.57. The van der Waals surface area contributed by atoms with E-state index < -0.39 is 0 Å². The van der Waals surface area contributed by atoms with Gasteiger partial charge in [-0.25, -0.2) is 15.0 Å². The lowest BCUT2D eigenvalue weighted by Gasteiger charge is -2.27. The van der Waals surface area contributed by atoms with Crippen molar-refractivity contribution in [3.05, 3.63) is 12.7 Å². The minimum Gasteiger partial charge on any atom is -0.367 e. The summed E-state index contributed by atoms with van der Waals surface area (Å²) in [6, 6.07) is 0. The molecule has 0 atom stereocenters. The number of fused-ring (bicyclic) bond motifs is 1. The summed E-state index contributed by atoms with van der Waals surface area (Å²) in [6.07, 6.45) is 3.18. The van der Waals surface area contributed by atoms with Crippen LogP contribution in [0.3, 0.4) is 0 Å². The van der Waals surface area contributed by atoms with Gasteiger partial charge in [-0.3, -0.25) is 4.90 Å². The zero-order valence-corrected chi connectivity index (χ0v) is 10.2. The van der Waals surface area contributed by atoms with Crippen molar-refractivity contribution in [3.8, 4) is 0 Å². The molecule has 0 unspecified atom stereocenters. The number of H-pyrrole nitrogens is 1. The first kappa shape index (κ1) is 11.4. The van der Waals surface area contributed by atoms with Crippen LogP contribution in [0.25, 0.3) is 11.2 Å². The molecular weight excluding hydrogens is 230 g/mol. The number of hydrogen-bond donors (Lipinski definition) is 3. The zero-order chi connectivity index (χ0) is 12.2. The largest absolute Gasteiger partial charge is 0.367 e. The SMILES string of the molecule is c1nc(NCCN2CCNCC2)c2[nH]cnc2n1. The predicted molar refractivity (Wildman–Crippen MR) is 69.5 cm³/mol. The number of nitrogens with one attached hydrogen (secondary N) is 3. The second-order valence-corrected chi connectivity index (χ2v) is 4.34. The summed E-state index contributed by atoms with van der Waals surface area (Å²) in [5.41, 5.74) is 1.58. The fourth-order valence-electron chi connectivity index (χ4n) is 2.17. The van der Waals surface area contributed by atoms with Gasteiger partial charge in [0.15, 0.2) is 11.5 Å². The van der Waals surface area contributed by atoms with Crippen molar-refractivity contribution in [3.63, 3.8) is 0 Å². The molecule has 0 aliphatic carbocycles. The molecule has 2 aromatic rings. The molecule has 1 aliphatic rings. The highest BCUT2D eigenvalue weighted by Crippen LogP contribution is 2.13. The Hall–Kier alpha value is -1.73. The molecule has 0 radical (unpaired) electrons. The van der Waals surface area contributed by atoms with E-state index in [0.29, 0.717) is 5.65 Å². The molecule has 1 fully saturated rings. The molecule has 3 rings (SSSR count). The van der Waals surface area contributed by atoms with Crippen LogP contribution in [0, 0.1) is 0 Å². The van der Waals surface area contributed by atoms with Crippen LogP contribution < -0.4 is 10.6 Å². The minimum absolute atomic E-state index is 0.703. The number of aromatic nitrogens is 4. The summed E-state index contributed by atoms with van der Waals surface area (Å²) >= 11 is 0. The molecule has 2 aromatic heterocycles. The van der Waals surface area contributed by atoms with E-state index in [2.05, 4.69) is 35.5 Å². The van der Waals surface area contributed by atoms with E-state index in [0.717, 1.165) is 50.6 Å². The zero-order valence-electron chi connectivity index (χ0n) is 10.2. The Kier molecular flexibility index (Phi) is 3.33. The fourth-order valence-corrected chi connectivity index (χ4v) is 2.17. The third-order valence-electron chi connectivity index (χ3n) is 3.15. The molecular formula is C11H17N7. The normalized spacial score (nSPS) is 17.1. The van der Waals surface area contributed by atoms with E-state index in [1.807, 2.05) is 0 Å². The molecule has 0 spiro atoms. The van der Waals surface area contributed by atoms with Gasteiger partial charge >= 0.3 is 0 Å². The van der Waals surface area contributed by atoms with Crippen LogP contribution >= 0.6 is 0 Å². The van der Waals surface area contributed by atoms with Gasteiger partial charge in [0.2, 0.25) is 0 Å². The van der Waals surface area contributed by atoms with E-state index in [-0.39, 0.29) is 0 Å². The molecule has 0 bridgehead atoms. The van der Waals surface area contributed by atoms with Crippen molar-refractivity contribution < 1.29 is 0 Å². The summed E-state index contributed by atoms with van der Waals surface area (Å²) in [7, 11) is 0. The Morgan fingerprint density at radius 3 is 3.00 bits per heavy atom. The molecule has 0 saturated carbocycles. The van der Waals surface area contributed by atoms with Crippen molar-refractivity contribution >= 4 is 17.0 Å². The van der Waals surface area contributed by atoms with Gasteiger partial charge in [-0.05, 0) is 0 Å². The van der Waals surface area contributed by atoms with Gasteiger partial charge < -0.3 is 15.6 Å². The third kappa shape index (κ3) is 2.41. The van der Waals surface area contributed by atoms with Gasteiger partial charge in [0, 0.05) is 39.3 Å². The first-order valence-corrected chi connectivity index (χ1v) is 6.24. The molecule has 7 heteroatoms. The van der Waals surface area contributed by atoms with E-state index in [1.165, 1.54) is 6.33 Å². The van der Waals surface area contributed by atoms with Gasteiger partial charge in [-0.1, -0.05) is 0 Å². The van der Waals surface area contributed by atoms with Crippen molar-refractivity contribution in [1.82, 2.24) is 30.2 Å². The molecule has 7 nitrogen and oxygen atoms in total. The summed E-state index contributed by atoms with van der Waals surface area (Å²) in [6.45, 7) is 6.30. The number of hydrogen-bond acceptors (Lipinski definition) is 6. The second-order valence-electron chi connectivity index (χ2n) is 4.34. The molecule has 96 valence electrons. The Labute approximate surface area is 105 Å². The highest BCUT2D eigenvalue weighted by molar-refractivity contribution is 5.81. The van der Waals surface area contributed by atoms with E-state index >= 15 is 0 Å². The van der Waals surface area contributed by atoms with Crippen LogP contribution in [0.15, 0.2) is 12.7 Å². The summed E-state index contributed by atoms with van der Waals surface area (Å²) in [5, 5.41) is 6.68. The van der Waals surface area contributed by atoms with Crippen LogP contribution in [-0.2, 0) is 0 Å². The van der Waals surface area contributed by atoms with E-state index in [1.54, 1.807) is 6.33 Å². The van der Waals surface area contributed by atoms with Gasteiger partial charge in [0.05, 0.1) is 6.33 Å². The van der Waals surface area contributed by atoms with Crippen molar-refractivity contribution in [2.45, 2.75) is 0 Å². The van der Waals surface area contributed by atoms with Crippen LogP contribution in [0.2, 0.25) is 0 Å².